The Morgan fingerprint density at radius 1 is 1.41 bits per heavy atom. The van der Waals surface area contributed by atoms with E-state index in [1.54, 1.807) is 32.3 Å². The summed E-state index contributed by atoms with van der Waals surface area (Å²) in [6, 6.07) is 5.05. The van der Waals surface area contributed by atoms with Gasteiger partial charge >= 0.3 is 0 Å². The summed E-state index contributed by atoms with van der Waals surface area (Å²) in [5.41, 5.74) is 0.885. The van der Waals surface area contributed by atoms with Gasteiger partial charge in [-0.05, 0) is 25.0 Å². The molecule has 0 bridgehead atoms. The lowest BCUT2D eigenvalue weighted by atomic mass is 10.1. The Kier molecular flexibility index (Phi) is 3.13. The molecule has 0 N–H and O–H groups in total. The molecule has 1 aromatic rings. The second-order valence-corrected chi connectivity index (χ2v) is 4.36. The molecule has 90 valence electrons. The minimum atomic E-state index is -0.149. The molecule has 1 aliphatic carbocycles. The number of carbonyl (C=O) groups is 2. The number of rotatable bonds is 4. The van der Waals surface area contributed by atoms with Crippen molar-refractivity contribution in [3.8, 4) is 5.75 Å². The average Bonchev–Trinajstić information content (AvgIpc) is 3.12. The lowest BCUT2D eigenvalue weighted by Gasteiger charge is -2.15. The highest BCUT2D eigenvalue weighted by Crippen LogP contribution is 2.31. The van der Waals surface area contributed by atoms with E-state index < -0.39 is 0 Å². The molecule has 4 nitrogen and oxygen atoms in total. The van der Waals surface area contributed by atoms with E-state index in [0.717, 1.165) is 19.1 Å². The third-order valence-corrected chi connectivity index (χ3v) is 2.62. The van der Waals surface area contributed by atoms with E-state index in [0.29, 0.717) is 16.9 Å². The number of hydrogen-bond donors (Lipinski definition) is 0. The van der Waals surface area contributed by atoms with Gasteiger partial charge in [-0.15, -0.1) is 0 Å². The topological polar surface area (TPSA) is 46.6 Å². The molecule has 0 unspecified atom stereocenters. The number of carbonyl (C=O) groups excluding carboxylic acids is 2. The maximum Gasteiger partial charge on any atom is 0.257 e. The van der Waals surface area contributed by atoms with Gasteiger partial charge in [-0.3, -0.25) is 9.59 Å². The number of nitrogens with zero attached hydrogens (tertiary/aromatic N) is 1. The summed E-state index contributed by atoms with van der Waals surface area (Å²) in [5, 5.41) is 0. The molecule has 1 saturated carbocycles. The zero-order valence-electron chi connectivity index (χ0n) is 9.97. The molecule has 1 amide bonds. The van der Waals surface area contributed by atoms with Crippen LogP contribution in [-0.2, 0) is 0 Å². The molecule has 0 saturated heterocycles. The molecular weight excluding hydrogens is 218 g/mol. The normalized spacial score (nSPS) is 14.2. The van der Waals surface area contributed by atoms with Crippen molar-refractivity contribution in [3.63, 3.8) is 0 Å². The minimum Gasteiger partial charge on any atom is -0.489 e. The van der Waals surface area contributed by atoms with Gasteiger partial charge < -0.3 is 9.64 Å². The van der Waals surface area contributed by atoms with E-state index in [1.165, 1.54) is 4.90 Å². The molecule has 4 heteroatoms. The van der Waals surface area contributed by atoms with Gasteiger partial charge in [0.1, 0.15) is 5.75 Å². The quantitative estimate of drug-likeness (QED) is 0.744. The largest absolute Gasteiger partial charge is 0.489 e. The Hall–Kier alpha value is -1.84. The monoisotopic (exact) mass is 233 g/mol. The lowest BCUT2D eigenvalue weighted by Crippen LogP contribution is -2.23. The Bertz CT molecular complexity index is 450. The SMILES string of the molecule is CN(C)C(=O)c1cccc(C=O)c1OC1CC1. The van der Waals surface area contributed by atoms with Crippen molar-refractivity contribution in [2.75, 3.05) is 14.1 Å². The average molecular weight is 233 g/mol. The first-order valence-corrected chi connectivity index (χ1v) is 5.60. The number of benzene rings is 1. The summed E-state index contributed by atoms with van der Waals surface area (Å²) in [7, 11) is 3.35. The van der Waals surface area contributed by atoms with Crippen molar-refractivity contribution in [1.29, 1.82) is 0 Å². The molecule has 0 atom stereocenters. The summed E-state index contributed by atoms with van der Waals surface area (Å²) < 4.78 is 5.67. The number of amides is 1. The zero-order chi connectivity index (χ0) is 12.4. The van der Waals surface area contributed by atoms with Gasteiger partial charge in [-0.2, -0.15) is 0 Å². The van der Waals surface area contributed by atoms with Gasteiger partial charge in [0.2, 0.25) is 0 Å². The standard InChI is InChI=1S/C13H15NO3/c1-14(2)13(16)11-5-3-4-9(8-15)12(11)17-10-6-7-10/h3-5,8,10H,6-7H2,1-2H3. The highest BCUT2D eigenvalue weighted by atomic mass is 16.5. The molecule has 1 aromatic carbocycles. The second-order valence-electron chi connectivity index (χ2n) is 4.36. The van der Waals surface area contributed by atoms with E-state index >= 15 is 0 Å². The molecule has 1 fully saturated rings. The fourth-order valence-corrected chi connectivity index (χ4v) is 1.54. The molecule has 0 aromatic heterocycles. The van der Waals surface area contributed by atoms with Crippen molar-refractivity contribution in [3.05, 3.63) is 29.3 Å². The van der Waals surface area contributed by atoms with Crippen LogP contribution in [0.3, 0.4) is 0 Å². The van der Waals surface area contributed by atoms with Crippen LogP contribution in [0, 0.1) is 0 Å². The maximum absolute atomic E-state index is 12.0. The minimum absolute atomic E-state index is 0.149. The Morgan fingerprint density at radius 2 is 2.12 bits per heavy atom. The first-order valence-electron chi connectivity index (χ1n) is 5.60. The van der Waals surface area contributed by atoms with Crippen molar-refractivity contribution < 1.29 is 14.3 Å². The Labute approximate surface area is 100 Å². The second kappa shape index (κ2) is 4.57. The molecule has 1 aliphatic rings. The summed E-state index contributed by atoms with van der Waals surface area (Å²) in [4.78, 5) is 24.4. The van der Waals surface area contributed by atoms with Gasteiger partial charge in [0, 0.05) is 14.1 Å². The highest BCUT2D eigenvalue weighted by Gasteiger charge is 2.27. The van der Waals surface area contributed by atoms with Crippen molar-refractivity contribution in [2.45, 2.75) is 18.9 Å². The molecule has 0 spiro atoms. The Morgan fingerprint density at radius 3 is 2.65 bits per heavy atom. The van der Waals surface area contributed by atoms with Crippen LogP contribution in [0.25, 0.3) is 0 Å². The molecule has 0 radical (unpaired) electrons. The fraction of sp³-hybridized carbons (Fsp3) is 0.385. The van der Waals surface area contributed by atoms with Crippen LogP contribution >= 0.6 is 0 Å². The number of ether oxygens (including phenoxy) is 1. The van der Waals surface area contributed by atoms with Crippen LogP contribution in [-0.4, -0.2) is 37.3 Å². The number of para-hydroxylation sites is 1. The molecule has 0 aliphatic heterocycles. The van der Waals surface area contributed by atoms with Crippen LogP contribution in [0.15, 0.2) is 18.2 Å². The molecule has 2 rings (SSSR count). The number of hydrogen-bond acceptors (Lipinski definition) is 3. The van der Waals surface area contributed by atoms with Gasteiger partial charge in [0.25, 0.3) is 5.91 Å². The van der Waals surface area contributed by atoms with Crippen LogP contribution in [0.4, 0.5) is 0 Å². The van der Waals surface area contributed by atoms with Gasteiger partial charge in [-0.25, -0.2) is 0 Å². The van der Waals surface area contributed by atoms with Crippen LogP contribution < -0.4 is 4.74 Å². The van der Waals surface area contributed by atoms with Gasteiger partial charge in [-0.1, -0.05) is 6.07 Å². The Balaban J connectivity index is 2.41. The summed E-state index contributed by atoms with van der Waals surface area (Å²) >= 11 is 0. The van der Waals surface area contributed by atoms with Crippen LogP contribution in [0.5, 0.6) is 5.75 Å². The summed E-state index contributed by atoms with van der Waals surface area (Å²) in [6.07, 6.45) is 2.86. The third-order valence-electron chi connectivity index (χ3n) is 2.62. The molecular formula is C13H15NO3. The smallest absolute Gasteiger partial charge is 0.257 e. The van der Waals surface area contributed by atoms with Gasteiger partial charge in [0.05, 0.1) is 17.2 Å². The first kappa shape index (κ1) is 11.6. The first-order chi connectivity index (χ1) is 8.13. The molecule has 17 heavy (non-hydrogen) atoms. The zero-order valence-corrected chi connectivity index (χ0v) is 9.97. The van der Waals surface area contributed by atoms with Crippen molar-refractivity contribution >= 4 is 12.2 Å². The van der Waals surface area contributed by atoms with E-state index in [-0.39, 0.29) is 12.0 Å². The van der Waals surface area contributed by atoms with Gasteiger partial charge in [0.15, 0.2) is 6.29 Å². The fourth-order valence-electron chi connectivity index (χ4n) is 1.54. The highest BCUT2D eigenvalue weighted by molar-refractivity contribution is 5.99. The summed E-state index contributed by atoms with van der Waals surface area (Å²) in [5.74, 6) is 0.271. The number of aldehydes is 1. The third kappa shape index (κ3) is 2.46. The van der Waals surface area contributed by atoms with Crippen LogP contribution in [0.2, 0.25) is 0 Å². The van der Waals surface area contributed by atoms with Crippen molar-refractivity contribution in [1.82, 2.24) is 4.90 Å². The van der Waals surface area contributed by atoms with E-state index in [2.05, 4.69) is 0 Å². The summed E-state index contributed by atoms with van der Waals surface area (Å²) in [6.45, 7) is 0. The predicted octanol–water partition coefficient (Wildman–Crippen LogP) is 1.74. The predicted molar refractivity (Wildman–Crippen MR) is 63.5 cm³/mol. The van der Waals surface area contributed by atoms with Crippen molar-refractivity contribution in [2.24, 2.45) is 0 Å². The maximum atomic E-state index is 12.0. The van der Waals surface area contributed by atoms with E-state index in [9.17, 15) is 9.59 Å². The lowest BCUT2D eigenvalue weighted by molar-refractivity contribution is 0.0823. The molecule has 0 heterocycles. The van der Waals surface area contributed by atoms with Crippen LogP contribution in [0.1, 0.15) is 33.6 Å². The van der Waals surface area contributed by atoms with E-state index in [4.69, 9.17) is 4.74 Å². The van der Waals surface area contributed by atoms with E-state index in [1.807, 2.05) is 0 Å².